The minimum absolute atomic E-state index is 0.123. The van der Waals surface area contributed by atoms with Gasteiger partial charge in [0.05, 0.1) is 0 Å². The molecule has 1 heterocycles. The van der Waals surface area contributed by atoms with Gasteiger partial charge in [-0.1, -0.05) is 0 Å². The smallest absolute Gasteiger partial charge is 0.422 e. The Morgan fingerprint density at radius 2 is 2.24 bits per heavy atom. The van der Waals surface area contributed by atoms with Gasteiger partial charge in [0.1, 0.15) is 5.82 Å². The molecule has 8 heteroatoms. The SMILES string of the molecule is Cc1cc(NC(=O)OCC(F)(F)F)ncc1Br. The third kappa shape index (κ3) is 5.03. The van der Waals surface area contributed by atoms with E-state index >= 15 is 0 Å². The molecule has 1 amide bonds. The van der Waals surface area contributed by atoms with Crippen LogP contribution in [-0.4, -0.2) is 23.9 Å². The second-order valence-electron chi connectivity index (χ2n) is 3.14. The first-order valence-corrected chi connectivity index (χ1v) is 5.20. The maximum atomic E-state index is 11.7. The number of ether oxygens (including phenoxy) is 1. The second-order valence-corrected chi connectivity index (χ2v) is 3.99. The molecule has 0 radical (unpaired) electrons. The molecule has 1 N–H and O–H groups in total. The van der Waals surface area contributed by atoms with Crippen LogP contribution in [0.2, 0.25) is 0 Å². The molecule has 0 aliphatic rings. The highest BCUT2D eigenvalue weighted by Gasteiger charge is 2.29. The van der Waals surface area contributed by atoms with Gasteiger partial charge in [-0.05, 0) is 34.5 Å². The molecule has 0 aliphatic heterocycles. The number of halogens is 4. The summed E-state index contributed by atoms with van der Waals surface area (Å²) in [5.41, 5.74) is 0.783. The predicted molar refractivity (Wildman–Crippen MR) is 57.7 cm³/mol. The Labute approximate surface area is 103 Å². The van der Waals surface area contributed by atoms with Crippen LogP contribution < -0.4 is 5.32 Å². The first-order valence-electron chi connectivity index (χ1n) is 4.40. The van der Waals surface area contributed by atoms with Crippen LogP contribution in [0.1, 0.15) is 5.56 Å². The lowest BCUT2D eigenvalue weighted by atomic mass is 10.3. The van der Waals surface area contributed by atoms with Gasteiger partial charge in [-0.15, -0.1) is 0 Å². The Bertz CT molecular complexity index is 423. The first kappa shape index (κ1) is 13.8. The average molecular weight is 313 g/mol. The average Bonchev–Trinajstić information content (AvgIpc) is 2.20. The van der Waals surface area contributed by atoms with E-state index in [1.165, 1.54) is 12.3 Å². The zero-order chi connectivity index (χ0) is 13.1. The van der Waals surface area contributed by atoms with Crippen molar-refractivity contribution in [1.29, 1.82) is 0 Å². The summed E-state index contributed by atoms with van der Waals surface area (Å²) in [7, 11) is 0. The number of aromatic nitrogens is 1. The number of carbonyl (C=O) groups is 1. The highest BCUT2D eigenvalue weighted by Crippen LogP contribution is 2.18. The molecular formula is C9H8BrF3N2O2. The second kappa shape index (κ2) is 5.35. The van der Waals surface area contributed by atoms with E-state index in [1.54, 1.807) is 6.92 Å². The van der Waals surface area contributed by atoms with Gasteiger partial charge in [-0.25, -0.2) is 9.78 Å². The Morgan fingerprint density at radius 3 is 2.76 bits per heavy atom. The van der Waals surface area contributed by atoms with Crippen LogP contribution in [0.5, 0.6) is 0 Å². The van der Waals surface area contributed by atoms with Crippen molar-refractivity contribution in [2.24, 2.45) is 0 Å². The number of rotatable bonds is 2. The molecule has 0 saturated carbocycles. The first-order chi connectivity index (χ1) is 7.78. The maximum Gasteiger partial charge on any atom is 0.422 e. The van der Waals surface area contributed by atoms with Crippen LogP contribution in [0.3, 0.4) is 0 Å². The molecule has 17 heavy (non-hydrogen) atoms. The van der Waals surface area contributed by atoms with Crippen LogP contribution in [0.15, 0.2) is 16.7 Å². The standard InChI is InChI=1S/C9H8BrF3N2O2/c1-5-2-7(14-3-6(5)10)15-8(16)17-4-9(11,12)13/h2-3H,4H2,1H3,(H,14,15,16). The molecule has 0 unspecified atom stereocenters. The summed E-state index contributed by atoms with van der Waals surface area (Å²) in [6.07, 6.45) is -4.31. The molecule has 0 bridgehead atoms. The molecule has 0 atom stereocenters. The Hall–Kier alpha value is -1.31. The number of pyridine rings is 1. The van der Waals surface area contributed by atoms with E-state index < -0.39 is 18.9 Å². The van der Waals surface area contributed by atoms with E-state index in [4.69, 9.17) is 0 Å². The minimum Gasteiger partial charge on any atom is -0.440 e. The van der Waals surface area contributed by atoms with Gasteiger partial charge in [0.2, 0.25) is 0 Å². The zero-order valence-corrected chi connectivity index (χ0v) is 10.2. The summed E-state index contributed by atoms with van der Waals surface area (Å²) in [5, 5.41) is 2.09. The topological polar surface area (TPSA) is 51.2 Å². The normalized spacial score (nSPS) is 11.1. The fourth-order valence-corrected chi connectivity index (χ4v) is 1.11. The summed E-state index contributed by atoms with van der Waals surface area (Å²) >= 11 is 3.20. The highest BCUT2D eigenvalue weighted by atomic mass is 79.9. The van der Waals surface area contributed by atoms with Gasteiger partial charge in [-0.2, -0.15) is 13.2 Å². The van der Waals surface area contributed by atoms with Crippen LogP contribution in [0.25, 0.3) is 0 Å². The molecule has 94 valence electrons. The number of amides is 1. The summed E-state index contributed by atoms with van der Waals surface area (Å²) < 4.78 is 39.9. The number of alkyl halides is 3. The van der Waals surface area contributed by atoms with Crippen molar-refractivity contribution in [3.63, 3.8) is 0 Å². The highest BCUT2D eigenvalue weighted by molar-refractivity contribution is 9.10. The summed E-state index contributed by atoms with van der Waals surface area (Å²) in [5.74, 6) is 0.123. The fourth-order valence-electron chi connectivity index (χ4n) is 0.896. The van der Waals surface area contributed by atoms with E-state index in [-0.39, 0.29) is 5.82 Å². The Kier molecular flexibility index (Phi) is 4.33. The number of aryl methyl sites for hydroxylation is 1. The Morgan fingerprint density at radius 1 is 1.59 bits per heavy atom. The molecule has 0 saturated heterocycles. The van der Waals surface area contributed by atoms with E-state index in [0.717, 1.165) is 10.0 Å². The summed E-state index contributed by atoms with van der Waals surface area (Å²) in [6, 6.07) is 1.50. The van der Waals surface area contributed by atoms with Crippen molar-refractivity contribution in [3.8, 4) is 0 Å². The third-order valence-corrected chi connectivity index (χ3v) is 2.47. The molecule has 0 aliphatic carbocycles. The largest absolute Gasteiger partial charge is 0.440 e. The maximum absolute atomic E-state index is 11.7. The number of carbonyl (C=O) groups excluding carboxylic acids is 1. The summed E-state index contributed by atoms with van der Waals surface area (Å²) in [6.45, 7) is 0.117. The van der Waals surface area contributed by atoms with Crippen molar-refractivity contribution in [3.05, 3.63) is 22.3 Å². The molecule has 0 fully saturated rings. The van der Waals surface area contributed by atoms with Gasteiger partial charge in [0.15, 0.2) is 6.61 Å². The van der Waals surface area contributed by atoms with Crippen molar-refractivity contribution < 1.29 is 22.7 Å². The van der Waals surface area contributed by atoms with Gasteiger partial charge >= 0.3 is 12.3 Å². The van der Waals surface area contributed by atoms with Crippen LogP contribution in [0, 0.1) is 6.92 Å². The molecule has 1 aromatic heterocycles. The zero-order valence-electron chi connectivity index (χ0n) is 8.64. The lowest BCUT2D eigenvalue weighted by molar-refractivity contribution is -0.159. The van der Waals surface area contributed by atoms with E-state index in [0.29, 0.717) is 0 Å². The van der Waals surface area contributed by atoms with Gasteiger partial charge < -0.3 is 4.74 Å². The monoisotopic (exact) mass is 312 g/mol. The van der Waals surface area contributed by atoms with Gasteiger partial charge in [0.25, 0.3) is 0 Å². The minimum atomic E-state index is -4.54. The molecular weight excluding hydrogens is 305 g/mol. The Balaban J connectivity index is 2.54. The lowest BCUT2D eigenvalue weighted by Crippen LogP contribution is -2.23. The van der Waals surface area contributed by atoms with Crippen molar-refractivity contribution >= 4 is 27.8 Å². The van der Waals surface area contributed by atoms with E-state index in [9.17, 15) is 18.0 Å². The molecule has 1 rings (SSSR count). The fraction of sp³-hybridized carbons (Fsp3) is 0.333. The van der Waals surface area contributed by atoms with Gasteiger partial charge in [0, 0.05) is 10.7 Å². The lowest BCUT2D eigenvalue weighted by Gasteiger charge is -2.09. The number of hydrogen-bond acceptors (Lipinski definition) is 3. The van der Waals surface area contributed by atoms with Crippen molar-refractivity contribution in [2.75, 3.05) is 11.9 Å². The number of anilines is 1. The van der Waals surface area contributed by atoms with Gasteiger partial charge in [-0.3, -0.25) is 5.32 Å². The number of nitrogens with zero attached hydrogens (tertiary/aromatic N) is 1. The van der Waals surface area contributed by atoms with Crippen molar-refractivity contribution in [2.45, 2.75) is 13.1 Å². The van der Waals surface area contributed by atoms with Crippen LogP contribution in [-0.2, 0) is 4.74 Å². The predicted octanol–water partition coefficient (Wildman–Crippen LogP) is 3.26. The molecule has 4 nitrogen and oxygen atoms in total. The number of hydrogen-bond donors (Lipinski definition) is 1. The quantitative estimate of drug-likeness (QED) is 0.912. The summed E-state index contributed by atoms with van der Waals surface area (Å²) in [4.78, 5) is 14.8. The molecule has 0 aromatic carbocycles. The molecule has 0 spiro atoms. The van der Waals surface area contributed by atoms with Crippen molar-refractivity contribution in [1.82, 2.24) is 4.98 Å². The van der Waals surface area contributed by atoms with Crippen LogP contribution in [0.4, 0.5) is 23.8 Å². The van der Waals surface area contributed by atoms with E-state index in [2.05, 4.69) is 31.0 Å². The third-order valence-electron chi connectivity index (χ3n) is 1.64. The van der Waals surface area contributed by atoms with E-state index in [1.807, 2.05) is 0 Å². The molecule has 1 aromatic rings. The van der Waals surface area contributed by atoms with Crippen LogP contribution >= 0.6 is 15.9 Å². The number of nitrogens with one attached hydrogen (secondary N) is 1.